The number of hydrogen-bond acceptors (Lipinski definition) is 6. The second-order valence-corrected chi connectivity index (χ2v) is 15.3. The smallest absolute Gasteiger partial charge is 0.306 e. The number of hydrogen-bond donors (Lipinski definition) is 0. The average Bonchev–Trinajstić information content (AvgIpc) is 3.22. The van der Waals surface area contributed by atoms with Crippen LogP contribution in [0, 0.1) is 0 Å². The van der Waals surface area contributed by atoms with Crippen LogP contribution in [0.1, 0.15) is 207 Å². The van der Waals surface area contributed by atoms with Gasteiger partial charge in [0.15, 0.2) is 6.10 Å². The summed E-state index contributed by atoms with van der Waals surface area (Å²) in [4.78, 5) is 37.7. The van der Waals surface area contributed by atoms with Crippen molar-refractivity contribution in [3.63, 3.8) is 0 Å². The van der Waals surface area contributed by atoms with E-state index in [9.17, 15) is 14.4 Å². The van der Waals surface area contributed by atoms with Gasteiger partial charge in [-0.15, -0.1) is 0 Å². The molecule has 0 heterocycles. The van der Waals surface area contributed by atoms with E-state index in [0.29, 0.717) is 19.3 Å². The summed E-state index contributed by atoms with van der Waals surface area (Å²) in [5, 5.41) is 0. The van der Waals surface area contributed by atoms with Gasteiger partial charge in [0, 0.05) is 19.3 Å². The van der Waals surface area contributed by atoms with Crippen LogP contribution in [0.2, 0.25) is 0 Å². The molecule has 6 nitrogen and oxygen atoms in total. The van der Waals surface area contributed by atoms with Gasteiger partial charge >= 0.3 is 17.9 Å². The second kappa shape index (κ2) is 46.3. The molecule has 0 fully saturated rings. The molecule has 0 aromatic carbocycles. The Morgan fingerprint density at radius 3 is 1.16 bits per heavy atom. The van der Waals surface area contributed by atoms with E-state index in [0.717, 1.165) is 89.9 Å². The highest BCUT2D eigenvalue weighted by Crippen LogP contribution is 2.12. The topological polar surface area (TPSA) is 78.9 Å². The van der Waals surface area contributed by atoms with E-state index < -0.39 is 12.1 Å². The number of carbonyl (C=O) groups is 3. The molecule has 0 radical (unpaired) electrons. The quantitative estimate of drug-likeness (QED) is 0.0265. The van der Waals surface area contributed by atoms with E-state index in [4.69, 9.17) is 14.2 Å². The molecular formula is C52H86O6. The molecule has 0 aliphatic carbocycles. The minimum Gasteiger partial charge on any atom is -0.462 e. The summed E-state index contributed by atoms with van der Waals surface area (Å²) in [6.07, 6.45) is 58.7. The molecule has 0 N–H and O–H groups in total. The van der Waals surface area contributed by atoms with Gasteiger partial charge in [-0.25, -0.2) is 0 Å². The molecule has 0 aromatic heterocycles. The van der Waals surface area contributed by atoms with Gasteiger partial charge in [-0.05, 0) is 83.5 Å². The van der Waals surface area contributed by atoms with Crippen molar-refractivity contribution in [1.29, 1.82) is 0 Å². The Bertz CT molecular complexity index is 1160. The molecule has 0 aromatic rings. The molecule has 1 atom stereocenters. The van der Waals surface area contributed by atoms with Gasteiger partial charge in [0.2, 0.25) is 0 Å². The molecule has 0 bridgehead atoms. The van der Waals surface area contributed by atoms with Crippen LogP contribution in [0.15, 0.2) is 85.1 Å². The van der Waals surface area contributed by atoms with Gasteiger partial charge in [-0.1, -0.05) is 189 Å². The van der Waals surface area contributed by atoms with E-state index >= 15 is 0 Å². The zero-order valence-corrected chi connectivity index (χ0v) is 37.5. The Kier molecular flexibility index (Phi) is 43.6. The molecule has 0 rings (SSSR count). The van der Waals surface area contributed by atoms with Crippen molar-refractivity contribution in [3.05, 3.63) is 85.1 Å². The summed E-state index contributed by atoms with van der Waals surface area (Å²) < 4.78 is 16.6. The summed E-state index contributed by atoms with van der Waals surface area (Å²) in [6.45, 7) is 6.37. The number of carbonyl (C=O) groups excluding carboxylic acids is 3. The van der Waals surface area contributed by atoms with Crippen LogP contribution in [-0.4, -0.2) is 37.2 Å². The van der Waals surface area contributed by atoms with Crippen LogP contribution >= 0.6 is 0 Å². The lowest BCUT2D eigenvalue weighted by atomic mass is 10.1. The fourth-order valence-corrected chi connectivity index (χ4v) is 6.11. The van der Waals surface area contributed by atoms with Gasteiger partial charge in [0.05, 0.1) is 0 Å². The SMILES string of the molecule is CC/C=C\C/C=C\C/C=C\C/C=C\CCC(=O)OC(COC(=O)CCCCCCCC/C=C\C/C=C\C/C=C\CCCCC)COC(=O)CCCCCCCCCC. The van der Waals surface area contributed by atoms with Crippen LogP contribution in [0.4, 0.5) is 0 Å². The maximum absolute atomic E-state index is 12.7. The third-order valence-electron chi connectivity index (χ3n) is 9.65. The van der Waals surface area contributed by atoms with Crippen LogP contribution in [0.3, 0.4) is 0 Å². The third-order valence-corrected chi connectivity index (χ3v) is 9.65. The summed E-state index contributed by atoms with van der Waals surface area (Å²) >= 11 is 0. The predicted molar refractivity (Wildman–Crippen MR) is 247 cm³/mol. The first-order chi connectivity index (χ1) is 28.5. The number of unbranched alkanes of at least 4 members (excludes halogenated alkanes) is 16. The summed E-state index contributed by atoms with van der Waals surface area (Å²) in [6, 6.07) is 0. The van der Waals surface area contributed by atoms with Gasteiger partial charge in [-0.3, -0.25) is 14.4 Å². The number of allylic oxidation sites excluding steroid dienone is 14. The molecule has 58 heavy (non-hydrogen) atoms. The molecule has 6 heteroatoms. The Morgan fingerprint density at radius 1 is 0.362 bits per heavy atom. The minimum atomic E-state index is -0.816. The average molecular weight is 807 g/mol. The molecule has 0 spiro atoms. The Labute approximate surface area is 356 Å². The standard InChI is InChI=1S/C52H86O6/c1-4-7-10-13-16-19-21-23-24-25-26-27-28-30-31-33-36-39-42-45-51(54)57-48-49(47-56-50(53)44-41-38-35-18-15-12-9-6-3)58-52(55)46-43-40-37-34-32-29-22-20-17-14-11-8-5-2/h8,11,16-17,19-20,23-24,26-27,29,32,37,40,49H,4-7,9-10,12-15,18,21-22,25,28,30-31,33-36,38-39,41-48H2,1-3H3/b11-8-,19-16-,20-17-,24-23-,27-26-,32-29-,40-37-. The monoisotopic (exact) mass is 807 g/mol. The molecule has 0 saturated heterocycles. The van der Waals surface area contributed by atoms with Crippen molar-refractivity contribution < 1.29 is 28.6 Å². The van der Waals surface area contributed by atoms with Gasteiger partial charge in [0.1, 0.15) is 13.2 Å². The molecule has 330 valence electrons. The highest BCUT2D eigenvalue weighted by Gasteiger charge is 2.19. The molecular weight excluding hydrogens is 721 g/mol. The lowest BCUT2D eigenvalue weighted by molar-refractivity contribution is -0.166. The first-order valence-corrected chi connectivity index (χ1v) is 23.6. The fraction of sp³-hybridized carbons (Fsp3) is 0.673. The summed E-state index contributed by atoms with van der Waals surface area (Å²) in [5.74, 6) is -1.02. The van der Waals surface area contributed by atoms with Gasteiger partial charge in [0.25, 0.3) is 0 Å². The maximum atomic E-state index is 12.7. The van der Waals surface area contributed by atoms with Crippen molar-refractivity contribution in [2.24, 2.45) is 0 Å². The summed E-state index contributed by atoms with van der Waals surface area (Å²) in [5.41, 5.74) is 0. The third kappa shape index (κ3) is 43.7. The largest absolute Gasteiger partial charge is 0.462 e. The predicted octanol–water partition coefficient (Wildman–Crippen LogP) is 15.3. The number of esters is 3. The van der Waals surface area contributed by atoms with Crippen LogP contribution in [-0.2, 0) is 28.6 Å². The highest BCUT2D eigenvalue weighted by atomic mass is 16.6. The van der Waals surface area contributed by atoms with Crippen LogP contribution < -0.4 is 0 Å². The Balaban J connectivity index is 4.41. The van der Waals surface area contributed by atoms with Crippen molar-refractivity contribution in [1.82, 2.24) is 0 Å². The van der Waals surface area contributed by atoms with E-state index in [1.54, 1.807) is 0 Å². The number of rotatable bonds is 41. The Morgan fingerprint density at radius 2 is 0.707 bits per heavy atom. The van der Waals surface area contributed by atoms with E-state index in [1.165, 1.54) is 70.6 Å². The number of ether oxygens (including phenoxy) is 3. The summed E-state index contributed by atoms with van der Waals surface area (Å²) in [7, 11) is 0. The van der Waals surface area contributed by atoms with Crippen molar-refractivity contribution in [2.75, 3.05) is 13.2 Å². The fourth-order valence-electron chi connectivity index (χ4n) is 6.11. The molecule has 1 unspecified atom stereocenters. The molecule has 0 amide bonds. The molecule has 0 aliphatic rings. The van der Waals surface area contributed by atoms with Crippen molar-refractivity contribution >= 4 is 17.9 Å². The lowest BCUT2D eigenvalue weighted by Crippen LogP contribution is -2.30. The van der Waals surface area contributed by atoms with E-state index in [1.807, 2.05) is 12.2 Å². The first-order valence-electron chi connectivity index (χ1n) is 23.6. The van der Waals surface area contributed by atoms with Crippen LogP contribution in [0.5, 0.6) is 0 Å². The molecule has 0 saturated carbocycles. The van der Waals surface area contributed by atoms with E-state index in [2.05, 4.69) is 93.7 Å². The highest BCUT2D eigenvalue weighted by molar-refractivity contribution is 5.71. The zero-order valence-electron chi connectivity index (χ0n) is 37.5. The van der Waals surface area contributed by atoms with E-state index in [-0.39, 0.29) is 31.6 Å². The van der Waals surface area contributed by atoms with Crippen molar-refractivity contribution in [3.8, 4) is 0 Å². The normalized spacial score (nSPS) is 12.8. The maximum Gasteiger partial charge on any atom is 0.306 e. The minimum absolute atomic E-state index is 0.110. The first kappa shape index (κ1) is 54.6. The molecule has 0 aliphatic heterocycles. The second-order valence-electron chi connectivity index (χ2n) is 15.3. The van der Waals surface area contributed by atoms with Crippen molar-refractivity contribution in [2.45, 2.75) is 213 Å². The Hall–Kier alpha value is -3.41. The van der Waals surface area contributed by atoms with Crippen LogP contribution in [0.25, 0.3) is 0 Å². The lowest BCUT2D eigenvalue weighted by Gasteiger charge is -2.18. The van der Waals surface area contributed by atoms with Gasteiger partial charge in [-0.2, -0.15) is 0 Å². The van der Waals surface area contributed by atoms with Gasteiger partial charge < -0.3 is 14.2 Å². The zero-order chi connectivity index (χ0) is 42.3.